The van der Waals surface area contributed by atoms with Crippen molar-refractivity contribution in [2.75, 3.05) is 59.9 Å². The van der Waals surface area contributed by atoms with Crippen molar-refractivity contribution in [1.29, 1.82) is 0 Å². The van der Waals surface area contributed by atoms with Crippen LogP contribution in [0, 0.1) is 0 Å². The lowest BCUT2D eigenvalue weighted by Crippen LogP contribution is -2.48. The molecule has 0 spiro atoms. The fraction of sp³-hybridized carbons (Fsp3) is 0.588. The van der Waals surface area contributed by atoms with Crippen molar-refractivity contribution >= 4 is 11.8 Å². The van der Waals surface area contributed by atoms with E-state index in [4.69, 9.17) is 0 Å². The highest BCUT2D eigenvalue weighted by Crippen LogP contribution is 2.08. The molecule has 0 saturated carbocycles. The van der Waals surface area contributed by atoms with Crippen LogP contribution in [0.25, 0.3) is 0 Å². The molecule has 2 heterocycles. The van der Waals surface area contributed by atoms with Gasteiger partial charge in [-0.3, -0.25) is 9.59 Å². The van der Waals surface area contributed by atoms with E-state index in [1.807, 2.05) is 23.9 Å². The Labute approximate surface area is 143 Å². The number of carbonyl (C=O) groups excluding carboxylic acids is 2. The lowest BCUT2D eigenvalue weighted by Gasteiger charge is -2.33. The summed E-state index contributed by atoms with van der Waals surface area (Å²) in [5.74, 6) is -0.351. The van der Waals surface area contributed by atoms with E-state index < -0.39 is 0 Å². The van der Waals surface area contributed by atoms with Crippen LogP contribution < -0.4 is 5.32 Å². The molecule has 24 heavy (non-hydrogen) atoms. The van der Waals surface area contributed by atoms with Crippen molar-refractivity contribution < 1.29 is 9.59 Å². The zero-order valence-corrected chi connectivity index (χ0v) is 14.8. The van der Waals surface area contributed by atoms with Crippen molar-refractivity contribution in [3.8, 4) is 0 Å². The molecule has 0 aromatic carbocycles. The molecule has 1 aliphatic heterocycles. The van der Waals surface area contributed by atoms with E-state index in [1.165, 1.54) is 0 Å². The SMILES string of the molecule is CCN1CCN(C(=O)c2cccc(C(=O)NCCN(C)C)n2)CC1. The van der Waals surface area contributed by atoms with Gasteiger partial charge in [-0.25, -0.2) is 4.98 Å². The molecule has 1 aromatic heterocycles. The second kappa shape index (κ2) is 8.75. The molecular formula is C17H27N5O2. The molecule has 1 N–H and O–H groups in total. The Morgan fingerprint density at radius 1 is 1.17 bits per heavy atom. The predicted octanol–water partition coefficient (Wildman–Crippen LogP) is 0.151. The van der Waals surface area contributed by atoms with Crippen LogP contribution >= 0.6 is 0 Å². The van der Waals surface area contributed by atoms with Crippen LogP contribution in [-0.2, 0) is 0 Å². The van der Waals surface area contributed by atoms with E-state index in [9.17, 15) is 9.59 Å². The Bertz CT molecular complexity index is 568. The van der Waals surface area contributed by atoms with Crippen LogP contribution in [0.15, 0.2) is 18.2 Å². The molecule has 0 atom stereocenters. The van der Waals surface area contributed by atoms with E-state index in [0.717, 1.165) is 26.2 Å². The van der Waals surface area contributed by atoms with Gasteiger partial charge in [0.25, 0.3) is 11.8 Å². The second-order valence-corrected chi connectivity index (χ2v) is 6.19. The fourth-order valence-corrected chi connectivity index (χ4v) is 2.59. The van der Waals surface area contributed by atoms with Crippen molar-refractivity contribution in [3.63, 3.8) is 0 Å². The minimum atomic E-state index is -0.248. The third-order valence-corrected chi connectivity index (χ3v) is 4.15. The summed E-state index contributed by atoms with van der Waals surface area (Å²) < 4.78 is 0. The maximum absolute atomic E-state index is 12.6. The van der Waals surface area contributed by atoms with Crippen molar-refractivity contribution in [3.05, 3.63) is 29.6 Å². The van der Waals surface area contributed by atoms with Crippen LogP contribution in [0.4, 0.5) is 0 Å². The monoisotopic (exact) mass is 333 g/mol. The topological polar surface area (TPSA) is 68.8 Å². The fourth-order valence-electron chi connectivity index (χ4n) is 2.59. The highest BCUT2D eigenvalue weighted by molar-refractivity contribution is 5.96. The van der Waals surface area contributed by atoms with Gasteiger partial charge in [0.05, 0.1) is 0 Å². The molecule has 0 bridgehead atoms. The average Bonchev–Trinajstić information content (AvgIpc) is 2.61. The summed E-state index contributed by atoms with van der Waals surface area (Å²) in [6.07, 6.45) is 0. The Kier molecular flexibility index (Phi) is 6.69. The third-order valence-electron chi connectivity index (χ3n) is 4.15. The molecule has 1 fully saturated rings. The first-order chi connectivity index (χ1) is 11.5. The zero-order chi connectivity index (χ0) is 17.5. The van der Waals surface area contributed by atoms with Crippen molar-refractivity contribution in [1.82, 2.24) is 25.0 Å². The second-order valence-electron chi connectivity index (χ2n) is 6.19. The van der Waals surface area contributed by atoms with E-state index in [1.54, 1.807) is 18.2 Å². The largest absolute Gasteiger partial charge is 0.349 e. The van der Waals surface area contributed by atoms with Gasteiger partial charge in [0.1, 0.15) is 11.4 Å². The number of aromatic nitrogens is 1. The molecule has 7 heteroatoms. The summed E-state index contributed by atoms with van der Waals surface area (Å²) in [6.45, 7) is 7.60. The summed E-state index contributed by atoms with van der Waals surface area (Å²) in [5, 5.41) is 2.81. The maximum atomic E-state index is 12.6. The van der Waals surface area contributed by atoms with E-state index >= 15 is 0 Å². The smallest absolute Gasteiger partial charge is 0.272 e. The molecule has 2 rings (SSSR count). The number of likely N-dealkylation sites (N-methyl/N-ethyl adjacent to an activating group) is 2. The molecule has 1 aromatic rings. The number of rotatable bonds is 6. The van der Waals surface area contributed by atoms with Gasteiger partial charge in [-0.05, 0) is 32.8 Å². The minimum Gasteiger partial charge on any atom is -0.349 e. The summed E-state index contributed by atoms with van der Waals surface area (Å²) in [6, 6.07) is 5.02. The zero-order valence-electron chi connectivity index (χ0n) is 14.8. The molecular weight excluding hydrogens is 306 g/mol. The number of hydrogen-bond acceptors (Lipinski definition) is 5. The maximum Gasteiger partial charge on any atom is 0.272 e. The van der Waals surface area contributed by atoms with Gasteiger partial charge in [0.2, 0.25) is 0 Å². The number of carbonyl (C=O) groups is 2. The number of amides is 2. The Morgan fingerprint density at radius 2 is 1.83 bits per heavy atom. The first-order valence-electron chi connectivity index (χ1n) is 8.43. The van der Waals surface area contributed by atoms with E-state index in [-0.39, 0.29) is 17.5 Å². The summed E-state index contributed by atoms with van der Waals surface area (Å²) in [5.41, 5.74) is 0.618. The lowest BCUT2D eigenvalue weighted by atomic mass is 10.2. The van der Waals surface area contributed by atoms with E-state index in [2.05, 4.69) is 22.1 Å². The Balaban J connectivity index is 1.96. The van der Waals surface area contributed by atoms with E-state index in [0.29, 0.717) is 25.3 Å². The highest BCUT2D eigenvalue weighted by atomic mass is 16.2. The predicted molar refractivity (Wildman–Crippen MR) is 93.1 cm³/mol. The normalized spacial score (nSPS) is 15.6. The van der Waals surface area contributed by atoms with Crippen LogP contribution in [0.3, 0.4) is 0 Å². The minimum absolute atomic E-state index is 0.103. The van der Waals surface area contributed by atoms with Gasteiger partial charge in [-0.1, -0.05) is 13.0 Å². The third kappa shape index (κ3) is 5.01. The average molecular weight is 333 g/mol. The first-order valence-corrected chi connectivity index (χ1v) is 8.43. The number of nitrogens with zero attached hydrogens (tertiary/aromatic N) is 4. The van der Waals surface area contributed by atoms with Gasteiger partial charge in [0, 0.05) is 39.3 Å². The van der Waals surface area contributed by atoms with Crippen LogP contribution in [0.1, 0.15) is 27.9 Å². The van der Waals surface area contributed by atoms with Crippen LogP contribution in [0.5, 0.6) is 0 Å². The van der Waals surface area contributed by atoms with Crippen molar-refractivity contribution in [2.45, 2.75) is 6.92 Å². The van der Waals surface area contributed by atoms with Gasteiger partial charge in [-0.15, -0.1) is 0 Å². The lowest BCUT2D eigenvalue weighted by molar-refractivity contribution is 0.0637. The highest BCUT2D eigenvalue weighted by Gasteiger charge is 2.22. The summed E-state index contributed by atoms with van der Waals surface area (Å²) in [7, 11) is 3.89. The number of nitrogens with one attached hydrogen (secondary N) is 1. The molecule has 1 aliphatic rings. The van der Waals surface area contributed by atoms with Gasteiger partial charge >= 0.3 is 0 Å². The first kappa shape index (κ1) is 18.4. The molecule has 132 valence electrons. The Hall–Kier alpha value is -1.99. The number of hydrogen-bond donors (Lipinski definition) is 1. The molecule has 7 nitrogen and oxygen atoms in total. The van der Waals surface area contributed by atoms with Crippen LogP contribution in [-0.4, -0.2) is 91.4 Å². The van der Waals surface area contributed by atoms with Gasteiger partial charge in [0.15, 0.2) is 0 Å². The molecule has 1 saturated heterocycles. The number of pyridine rings is 1. The van der Waals surface area contributed by atoms with Crippen LogP contribution in [0.2, 0.25) is 0 Å². The van der Waals surface area contributed by atoms with Gasteiger partial charge < -0.3 is 20.0 Å². The van der Waals surface area contributed by atoms with Crippen molar-refractivity contribution in [2.24, 2.45) is 0 Å². The molecule has 2 amide bonds. The summed E-state index contributed by atoms with van der Waals surface area (Å²) >= 11 is 0. The molecule has 0 radical (unpaired) electrons. The molecule has 0 unspecified atom stereocenters. The number of piperazine rings is 1. The quantitative estimate of drug-likeness (QED) is 0.803. The molecule has 0 aliphatic carbocycles. The van der Waals surface area contributed by atoms with Gasteiger partial charge in [-0.2, -0.15) is 0 Å². The standard InChI is InChI=1S/C17H27N5O2/c1-4-21-10-12-22(13-11-21)17(24)15-7-5-6-14(19-15)16(23)18-8-9-20(2)3/h5-7H,4,8-13H2,1-3H3,(H,18,23). The summed E-state index contributed by atoms with van der Waals surface area (Å²) in [4.78, 5) is 35.1. The Morgan fingerprint density at radius 3 is 2.46 bits per heavy atom.